The molecule has 0 aromatic rings. The summed E-state index contributed by atoms with van der Waals surface area (Å²) in [7, 11) is 0. The molecule has 1 atom stereocenters. The van der Waals surface area contributed by atoms with Gasteiger partial charge in [-0.2, -0.15) is 0 Å². The molecule has 3 heteroatoms. The number of hydrogen-bond acceptors (Lipinski definition) is 1. The molecule has 56 valence electrons. The second-order valence-corrected chi connectivity index (χ2v) is 2.44. The number of hydrogen-bond donors (Lipinski definition) is 1. The smallest absolute Gasteiger partial charge is 0.246 e. The maximum atomic E-state index is 12.1. The van der Waals surface area contributed by atoms with Crippen LogP contribution in [-0.4, -0.2) is 12.0 Å². The average Bonchev–Trinajstić information content (AvgIpc) is 1.62. The lowest BCUT2D eigenvalue weighted by Gasteiger charge is -2.14. The quantitative estimate of drug-likeness (QED) is 0.630. The van der Waals surface area contributed by atoms with E-state index in [9.17, 15) is 8.78 Å². The van der Waals surface area contributed by atoms with Crippen molar-refractivity contribution in [3.63, 3.8) is 0 Å². The third-order valence-corrected chi connectivity index (χ3v) is 1.14. The van der Waals surface area contributed by atoms with Crippen LogP contribution in [-0.2, 0) is 0 Å². The van der Waals surface area contributed by atoms with E-state index in [0.29, 0.717) is 6.42 Å². The monoisotopic (exact) mass is 137 g/mol. The van der Waals surface area contributed by atoms with E-state index in [1.54, 1.807) is 6.92 Å². The molecule has 0 radical (unpaired) electrons. The van der Waals surface area contributed by atoms with Gasteiger partial charge < -0.3 is 5.73 Å². The van der Waals surface area contributed by atoms with Crippen LogP contribution >= 0.6 is 0 Å². The Bertz CT molecular complexity index is 77.6. The summed E-state index contributed by atoms with van der Waals surface area (Å²) in [5.74, 6) is -2.60. The topological polar surface area (TPSA) is 26.0 Å². The van der Waals surface area contributed by atoms with Crippen LogP contribution in [0.2, 0.25) is 0 Å². The van der Waals surface area contributed by atoms with E-state index in [0.717, 1.165) is 6.92 Å². The Labute approximate surface area is 54.2 Å². The molecule has 1 nitrogen and oxygen atoms in total. The predicted molar refractivity (Wildman–Crippen MR) is 33.5 cm³/mol. The number of rotatable bonds is 3. The first-order valence-corrected chi connectivity index (χ1v) is 3.09. The van der Waals surface area contributed by atoms with Gasteiger partial charge in [0.25, 0.3) is 0 Å². The van der Waals surface area contributed by atoms with E-state index in [1.165, 1.54) is 0 Å². The zero-order valence-electron chi connectivity index (χ0n) is 5.82. The number of alkyl halides is 2. The molecule has 0 unspecified atom stereocenters. The first kappa shape index (κ1) is 8.82. The molecule has 0 aliphatic heterocycles. The maximum absolute atomic E-state index is 12.1. The van der Waals surface area contributed by atoms with Crippen molar-refractivity contribution in [3.05, 3.63) is 0 Å². The summed E-state index contributed by atoms with van der Waals surface area (Å²) >= 11 is 0. The molecule has 0 rings (SSSR count). The molecule has 0 saturated carbocycles. The van der Waals surface area contributed by atoms with Crippen molar-refractivity contribution in [2.24, 2.45) is 5.73 Å². The van der Waals surface area contributed by atoms with E-state index in [-0.39, 0.29) is 12.5 Å². The van der Waals surface area contributed by atoms with E-state index < -0.39 is 5.92 Å². The van der Waals surface area contributed by atoms with E-state index in [2.05, 4.69) is 0 Å². The molecule has 9 heavy (non-hydrogen) atoms. The van der Waals surface area contributed by atoms with Gasteiger partial charge in [0, 0.05) is 12.5 Å². The van der Waals surface area contributed by atoms with Crippen LogP contribution < -0.4 is 5.73 Å². The summed E-state index contributed by atoms with van der Waals surface area (Å²) in [5, 5.41) is 0. The van der Waals surface area contributed by atoms with E-state index >= 15 is 0 Å². The maximum Gasteiger partial charge on any atom is 0.246 e. The Balaban J connectivity index is 3.47. The van der Waals surface area contributed by atoms with Gasteiger partial charge in [-0.05, 0) is 13.3 Å². The third kappa shape index (κ3) is 5.69. The van der Waals surface area contributed by atoms with Crippen molar-refractivity contribution in [2.45, 2.75) is 38.7 Å². The number of halogens is 2. The molecule has 0 aromatic heterocycles. The van der Waals surface area contributed by atoms with Gasteiger partial charge in [0.15, 0.2) is 0 Å². The zero-order chi connectivity index (χ0) is 7.49. The summed E-state index contributed by atoms with van der Waals surface area (Å²) in [6.45, 7) is 2.69. The molecule has 0 bridgehead atoms. The first-order valence-electron chi connectivity index (χ1n) is 3.09. The van der Waals surface area contributed by atoms with Crippen molar-refractivity contribution in [2.75, 3.05) is 0 Å². The van der Waals surface area contributed by atoms with E-state index in [1.807, 2.05) is 0 Å². The van der Waals surface area contributed by atoms with Crippen LogP contribution in [0.5, 0.6) is 0 Å². The minimum atomic E-state index is -2.60. The van der Waals surface area contributed by atoms with Gasteiger partial charge in [-0.3, -0.25) is 0 Å². The molecular weight excluding hydrogens is 124 g/mol. The van der Waals surface area contributed by atoms with Crippen molar-refractivity contribution < 1.29 is 8.78 Å². The molecule has 0 aliphatic carbocycles. The lowest BCUT2D eigenvalue weighted by Crippen LogP contribution is -2.27. The Kier molecular flexibility index (Phi) is 3.04. The molecule has 0 heterocycles. The lowest BCUT2D eigenvalue weighted by atomic mass is 10.1. The van der Waals surface area contributed by atoms with Gasteiger partial charge in [-0.25, -0.2) is 8.78 Å². The summed E-state index contributed by atoms with van der Waals surface area (Å²) in [5.41, 5.74) is 5.28. The Morgan fingerprint density at radius 3 is 2.11 bits per heavy atom. The van der Waals surface area contributed by atoms with E-state index in [4.69, 9.17) is 5.73 Å². The first-order chi connectivity index (χ1) is 3.95. The predicted octanol–water partition coefficient (Wildman–Crippen LogP) is 1.77. The molecule has 0 saturated heterocycles. The fourth-order valence-electron chi connectivity index (χ4n) is 0.605. The van der Waals surface area contributed by atoms with Crippen molar-refractivity contribution in [1.29, 1.82) is 0 Å². The van der Waals surface area contributed by atoms with Gasteiger partial charge in [0.05, 0.1) is 0 Å². The van der Waals surface area contributed by atoms with Crippen molar-refractivity contribution in [1.82, 2.24) is 0 Å². The molecule has 0 amide bonds. The highest BCUT2D eigenvalue weighted by atomic mass is 19.3. The minimum absolute atomic E-state index is 0.205. The van der Waals surface area contributed by atoms with Crippen LogP contribution in [0.3, 0.4) is 0 Å². The van der Waals surface area contributed by atoms with Crippen molar-refractivity contribution >= 4 is 0 Å². The highest BCUT2D eigenvalue weighted by Gasteiger charge is 2.23. The molecule has 0 aromatic carbocycles. The minimum Gasteiger partial charge on any atom is -0.327 e. The summed E-state index contributed by atoms with van der Waals surface area (Å²) in [6.07, 6.45) is 0.410. The van der Waals surface area contributed by atoms with Crippen LogP contribution in [0, 0.1) is 0 Å². The fraction of sp³-hybridized carbons (Fsp3) is 1.00. The highest BCUT2D eigenvalue weighted by molar-refractivity contribution is 4.67. The summed E-state index contributed by atoms with van der Waals surface area (Å²) < 4.78 is 24.2. The lowest BCUT2D eigenvalue weighted by molar-refractivity contribution is 0.00612. The van der Waals surface area contributed by atoms with Gasteiger partial charge in [0.2, 0.25) is 5.92 Å². The standard InChI is InChI=1S/C6H13F2N/c1-3-5(9)4-6(2,7)8/h5H,3-4,9H2,1-2H3/t5-/m1/s1. The molecule has 0 fully saturated rings. The Morgan fingerprint density at radius 1 is 1.56 bits per heavy atom. The molecule has 0 aliphatic rings. The van der Waals surface area contributed by atoms with Crippen molar-refractivity contribution in [3.8, 4) is 0 Å². The SMILES string of the molecule is CC[C@@H](N)CC(C)(F)F. The van der Waals surface area contributed by atoms with Gasteiger partial charge in [0.1, 0.15) is 0 Å². The third-order valence-electron chi connectivity index (χ3n) is 1.14. The molecular formula is C6H13F2N. The van der Waals surface area contributed by atoms with Gasteiger partial charge in [-0.1, -0.05) is 6.92 Å². The summed E-state index contributed by atoms with van der Waals surface area (Å²) in [6, 6.07) is -0.356. The second-order valence-electron chi connectivity index (χ2n) is 2.44. The highest BCUT2D eigenvalue weighted by Crippen LogP contribution is 2.18. The van der Waals surface area contributed by atoms with Gasteiger partial charge >= 0.3 is 0 Å². The van der Waals surface area contributed by atoms with Crippen LogP contribution in [0.1, 0.15) is 26.7 Å². The van der Waals surface area contributed by atoms with Crippen LogP contribution in [0.4, 0.5) is 8.78 Å². The zero-order valence-corrected chi connectivity index (χ0v) is 5.82. The molecule has 0 spiro atoms. The van der Waals surface area contributed by atoms with Crippen LogP contribution in [0.25, 0.3) is 0 Å². The van der Waals surface area contributed by atoms with Crippen LogP contribution in [0.15, 0.2) is 0 Å². The Hall–Kier alpha value is -0.180. The summed E-state index contributed by atoms with van der Waals surface area (Å²) in [4.78, 5) is 0. The molecule has 2 N–H and O–H groups in total. The largest absolute Gasteiger partial charge is 0.327 e. The average molecular weight is 137 g/mol. The normalized spacial score (nSPS) is 15.7. The van der Waals surface area contributed by atoms with Gasteiger partial charge in [-0.15, -0.1) is 0 Å². The number of nitrogens with two attached hydrogens (primary N) is 1. The second kappa shape index (κ2) is 3.11. The fourth-order valence-corrected chi connectivity index (χ4v) is 0.605. The Morgan fingerprint density at radius 2 is 2.00 bits per heavy atom.